The average molecular weight is 418 g/mol. The number of allylic oxidation sites excluding steroid dienone is 1. The fourth-order valence-electron chi connectivity index (χ4n) is 4.68. The van der Waals surface area contributed by atoms with E-state index in [1.165, 1.54) is 4.90 Å². The van der Waals surface area contributed by atoms with E-state index >= 15 is 0 Å². The number of carbonyl (C=O) groups excluding carboxylic acids is 2. The zero-order valence-corrected chi connectivity index (χ0v) is 16.0. The molecule has 3 saturated heterocycles. The number of rotatable bonds is 2. The molecular weight excluding hydrogens is 393 g/mol. The molecule has 0 saturated carbocycles. The highest BCUT2D eigenvalue weighted by molar-refractivity contribution is 5.83. The molecule has 4 aliphatic rings. The van der Waals surface area contributed by atoms with Gasteiger partial charge < -0.3 is 24.0 Å². The molecule has 7 nitrogen and oxygen atoms in total. The second-order valence-corrected chi connectivity index (χ2v) is 7.99. The van der Waals surface area contributed by atoms with Gasteiger partial charge in [0.2, 0.25) is 0 Å². The van der Waals surface area contributed by atoms with Crippen molar-refractivity contribution in [2.45, 2.75) is 75.3 Å². The fourth-order valence-corrected chi connectivity index (χ4v) is 4.68. The highest BCUT2D eigenvalue weighted by Gasteiger charge is 2.52. The molecule has 5 atom stereocenters. The lowest BCUT2D eigenvalue weighted by Crippen LogP contribution is -2.59. The smallest absolute Gasteiger partial charge is 0.444 e. The van der Waals surface area contributed by atoms with Crippen molar-refractivity contribution in [3.63, 3.8) is 0 Å². The molecule has 3 aliphatic heterocycles. The number of alkyl halides is 3. The van der Waals surface area contributed by atoms with Crippen LogP contribution in [0.4, 0.5) is 18.0 Å². The van der Waals surface area contributed by atoms with Gasteiger partial charge in [0.15, 0.2) is 6.29 Å². The molecule has 1 aliphatic carbocycles. The third kappa shape index (κ3) is 4.37. The van der Waals surface area contributed by atoms with Crippen molar-refractivity contribution in [2.75, 3.05) is 19.7 Å². The molecule has 2 bridgehead atoms. The fraction of sp³-hybridized carbons (Fsp3) is 0.789. The molecule has 3 fully saturated rings. The van der Waals surface area contributed by atoms with E-state index in [0.29, 0.717) is 12.8 Å². The summed E-state index contributed by atoms with van der Waals surface area (Å²) in [6.45, 7) is 0.0196. The van der Waals surface area contributed by atoms with Crippen LogP contribution in [0.1, 0.15) is 38.5 Å². The van der Waals surface area contributed by atoms with Crippen LogP contribution in [0.2, 0.25) is 0 Å². The number of piperazine rings is 1. The molecule has 10 heteroatoms. The van der Waals surface area contributed by atoms with Crippen molar-refractivity contribution in [1.82, 2.24) is 9.80 Å². The van der Waals surface area contributed by atoms with Crippen LogP contribution >= 0.6 is 0 Å². The molecule has 0 aromatic heterocycles. The molecule has 0 radical (unpaired) electrons. The first kappa shape index (κ1) is 20.5. The van der Waals surface area contributed by atoms with Crippen molar-refractivity contribution in [2.24, 2.45) is 0 Å². The molecule has 162 valence electrons. The van der Waals surface area contributed by atoms with Crippen LogP contribution in [0.15, 0.2) is 12.2 Å². The van der Waals surface area contributed by atoms with E-state index in [9.17, 15) is 22.8 Å². The zero-order chi connectivity index (χ0) is 20.6. The number of nitrogens with zero attached hydrogens (tertiary/aromatic N) is 2. The van der Waals surface area contributed by atoms with Crippen molar-refractivity contribution in [1.29, 1.82) is 0 Å². The monoisotopic (exact) mass is 418 g/mol. The molecule has 0 spiro atoms. The highest BCUT2D eigenvalue weighted by atomic mass is 19.4. The average Bonchev–Trinajstić information content (AvgIpc) is 3.14. The summed E-state index contributed by atoms with van der Waals surface area (Å²) in [7, 11) is 0. The minimum atomic E-state index is -4.90. The van der Waals surface area contributed by atoms with Gasteiger partial charge >= 0.3 is 18.2 Å². The van der Waals surface area contributed by atoms with Crippen LogP contribution in [-0.4, -0.2) is 78.3 Å². The Labute approximate surface area is 166 Å². The Kier molecular flexibility index (Phi) is 5.74. The molecule has 0 aromatic carbocycles. The van der Waals surface area contributed by atoms with Crippen LogP contribution in [0, 0.1) is 0 Å². The molecule has 29 heavy (non-hydrogen) atoms. The summed E-state index contributed by atoms with van der Waals surface area (Å²) in [5.74, 6) is -1.82. The number of carbonyl (C=O) groups is 2. The summed E-state index contributed by atoms with van der Waals surface area (Å²) < 4.78 is 55.4. The van der Waals surface area contributed by atoms with E-state index in [4.69, 9.17) is 14.2 Å². The molecule has 2 amide bonds. The minimum Gasteiger partial charge on any atom is -0.444 e. The third-order valence-corrected chi connectivity index (χ3v) is 6.02. The van der Waals surface area contributed by atoms with Gasteiger partial charge in [-0.25, -0.2) is 4.79 Å². The summed E-state index contributed by atoms with van der Waals surface area (Å²) in [5, 5.41) is 0. The van der Waals surface area contributed by atoms with E-state index in [0.717, 1.165) is 30.6 Å². The van der Waals surface area contributed by atoms with Gasteiger partial charge in [0.25, 0.3) is 0 Å². The van der Waals surface area contributed by atoms with Gasteiger partial charge in [0.05, 0.1) is 24.3 Å². The van der Waals surface area contributed by atoms with Gasteiger partial charge in [-0.2, -0.15) is 13.2 Å². The van der Waals surface area contributed by atoms with E-state index in [-0.39, 0.29) is 31.9 Å². The van der Waals surface area contributed by atoms with Crippen LogP contribution < -0.4 is 0 Å². The number of ether oxygens (including phenoxy) is 3. The topological polar surface area (TPSA) is 68.3 Å². The number of hydrogen-bond donors (Lipinski definition) is 0. The van der Waals surface area contributed by atoms with Gasteiger partial charge in [-0.1, -0.05) is 12.2 Å². The summed E-state index contributed by atoms with van der Waals surface area (Å²) in [4.78, 5) is 26.3. The first-order valence-electron chi connectivity index (χ1n) is 10.1. The minimum absolute atomic E-state index is 0.0172. The van der Waals surface area contributed by atoms with Gasteiger partial charge in [0.1, 0.15) is 6.61 Å². The number of halogens is 3. The summed E-state index contributed by atoms with van der Waals surface area (Å²) >= 11 is 0. The Morgan fingerprint density at radius 1 is 1.03 bits per heavy atom. The molecule has 2 unspecified atom stereocenters. The Morgan fingerprint density at radius 3 is 2.41 bits per heavy atom. The normalized spacial score (nSPS) is 35.6. The maximum atomic E-state index is 12.8. The van der Waals surface area contributed by atoms with Gasteiger partial charge in [-0.3, -0.25) is 4.79 Å². The number of fused-ring (bicyclic) bond motifs is 3. The molecule has 3 heterocycles. The lowest BCUT2D eigenvalue weighted by molar-refractivity contribution is -0.190. The standard InChI is InChI=1S/C19H25F3N2O5/c20-19(21,22)17(25)24-12-7-8-13(24)10-23(9-12)18(26)27-11-16-28-14-5-3-1-2-4-6-15(14)29-16/h1,3,12-16H,2,4-11H2/b3-1-/t12?,13?,14-,15+,16-/m0/s1. The Bertz CT molecular complexity index is 657. The van der Waals surface area contributed by atoms with Crippen molar-refractivity contribution in [3.8, 4) is 0 Å². The maximum absolute atomic E-state index is 12.8. The maximum Gasteiger partial charge on any atom is 0.471 e. The molecule has 0 N–H and O–H groups in total. The largest absolute Gasteiger partial charge is 0.471 e. The predicted octanol–water partition coefficient (Wildman–Crippen LogP) is 2.60. The summed E-state index contributed by atoms with van der Waals surface area (Å²) in [6, 6.07) is -1.26. The molecular formula is C19H25F3N2O5. The Hall–Kier alpha value is -1.81. The van der Waals surface area contributed by atoms with E-state index in [2.05, 4.69) is 12.2 Å². The van der Waals surface area contributed by atoms with Crippen molar-refractivity contribution >= 4 is 12.0 Å². The van der Waals surface area contributed by atoms with Crippen LogP contribution in [0.3, 0.4) is 0 Å². The highest BCUT2D eigenvalue weighted by Crippen LogP contribution is 2.34. The SMILES string of the molecule is O=C(OC[C@H]1O[C@H]2C/C=C\CCC[C@H]2O1)N1CC2CCC(C1)N2C(=O)C(F)(F)F. The van der Waals surface area contributed by atoms with E-state index < -0.39 is 36.6 Å². The van der Waals surface area contributed by atoms with Gasteiger partial charge in [-0.05, 0) is 38.5 Å². The predicted molar refractivity (Wildman–Crippen MR) is 93.8 cm³/mol. The lowest BCUT2D eigenvalue weighted by Gasteiger charge is -2.40. The number of hydrogen-bond acceptors (Lipinski definition) is 5. The van der Waals surface area contributed by atoms with Crippen molar-refractivity contribution in [3.05, 3.63) is 12.2 Å². The zero-order valence-electron chi connectivity index (χ0n) is 16.0. The lowest BCUT2D eigenvalue weighted by atomic mass is 10.0. The third-order valence-electron chi connectivity index (χ3n) is 6.02. The summed E-state index contributed by atoms with van der Waals surface area (Å²) in [6.07, 6.45) is 2.55. The second-order valence-electron chi connectivity index (χ2n) is 7.99. The van der Waals surface area contributed by atoms with Gasteiger partial charge in [0, 0.05) is 13.1 Å². The van der Waals surface area contributed by atoms with Crippen LogP contribution in [0.25, 0.3) is 0 Å². The molecule has 0 aromatic rings. The van der Waals surface area contributed by atoms with E-state index in [1.807, 2.05) is 0 Å². The Balaban J connectivity index is 1.27. The number of likely N-dealkylation sites (tertiary alicyclic amines) is 1. The molecule has 4 rings (SSSR count). The van der Waals surface area contributed by atoms with Crippen molar-refractivity contribution < 1.29 is 37.0 Å². The van der Waals surface area contributed by atoms with Crippen LogP contribution in [0.5, 0.6) is 0 Å². The van der Waals surface area contributed by atoms with E-state index in [1.54, 1.807) is 0 Å². The second kappa shape index (κ2) is 8.14. The first-order chi connectivity index (χ1) is 13.8. The number of amides is 2. The van der Waals surface area contributed by atoms with Crippen LogP contribution in [-0.2, 0) is 19.0 Å². The van der Waals surface area contributed by atoms with Gasteiger partial charge in [-0.15, -0.1) is 0 Å². The Morgan fingerprint density at radius 2 is 1.72 bits per heavy atom. The first-order valence-corrected chi connectivity index (χ1v) is 10.1. The quantitative estimate of drug-likeness (QED) is 0.645. The summed E-state index contributed by atoms with van der Waals surface area (Å²) in [5.41, 5.74) is 0.